The predicted octanol–water partition coefficient (Wildman–Crippen LogP) is 3.51. The highest BCUT2D eigenvalue weighted by atomic mass is 127. The normalized spacial score (nSPS) is 14.9. The lowest BCUT2D eigenvalue weighted by Crippen LogP contribution is -2.39. The van der Waals surface area contributed by atoms with E-state index in [1.165, 1.54) is 58.2 Å². The first-order valence-corrected chi connectivity index (χ1v) is 10.3. The summed E-state index contributed by atoms with van der Waals surface area (Å²) in [4.78, 5) is 6.87. The minimum absolute atomic E-state index is 0. The van der Waals surface area contributed by atoms with Gasteiger partial charge in [-0.25, -0.2) is 0 Å². The van der Waals surface area contributed by atoms with E-state index in [0.29, 0.717) is 13.2 Å². The van der Waals surface area contributed by atoms with Crippen LogP contribution in [0.5, 0.6) is 11.5 Å². The number of rotatable bonds is 11. The van der Waals surface area contributed by atoms with Crippen LogP contribution in [0.4, 0.5) is 0 Å². The maximum Gasteiger partial charge on any atom is 0.191 e. The fourth-order valence-electron chi connectivity index (χ4n) is 3.26. The van der Waals surface area contributed by atoms with Crippen LogP contribution in [0.2, 0.25) is 0 Å². The Balaban J connectivity index is 0.00000392. The number of benzene rings is 1. The number of unbranched alkanes of at least 4 members (excludes halogenated alkanes) is 2. The van der Waals surface area contributed by atoms with Crippen molar-refractivity contribution in [2.75, 3.05) is 53.5 Å². The Morgan fingerprint density at radius 1 is 0.964 bits per heavy atom. The van der Waals surface area contributed by atoms with E-state index in [0.717, 1.165) is 24.0 Å². The standard InChI is InChI=1S/C21H36N4O2.HI/c1-22-21(23-13-5-3-6-15-25-16-7-4-8-17-25)24-14-18-27-20-11-9-19(26-2)10-12-20;/h9-12H,3-8,13-18H2,1-2H3,(H2,22,23,24);1H. The summed E-state index contributed by atoms with van der Waals surface area (Å²) in [5, 5.41) is 6.66. The molecule has 28 heavy (non-hydrogen) atoms. The van der Waals surface area contributed by atoms with Crippen LogP contribution in [0.15, 0.2) is 29.3 Å². The molecule has 160 valence electrons. The minimum Gasteiger partial charge on any atom is -0.497 e. The van der Waals surface area contributed by atoms with Gasteiger partial charge in [-0.2, -0.15) is 0 Å². The fraction of sp³-hybridized carbons (Fsp3) is 0.667. The Kier molecular flexibility index (Phi) is 13.9. The van der Waals surface area contributed by atoms with Crippen molar-refractivity contribution in [2.45, 2.75) is 38.5 Å². The lowest BCUT2D eigenvalue weighted by Gasteiger charge is -2.26. The smallest absolute Gasteiger partial charge is 0.191 e. The molecular formula is C21H37IN4O2. The SMILES string of the molecule is CN=C(NCCCCCN1CCCCC1)NCCOc1ccc(OC)cc1.I. The number of nitrogens with zero attached hydrogens (tertiary/aromatic N) is 2. The summed E-state index contributed by atoms with van der Waals surface area (Å²) in [5.41, 5.74) is 0. The van der Waals surface area contributed by atoms with Gasteiger partial charge in [-0.1, -0.05) is 12.8 Å². The van der Waals surface area contributed by atoms with Gasteiger partial charge < -0.3 is 25.0 Å². The molecule has 0 bridgehead atoms. The average molecular weight is 504 g/mol. The molecule has 0 amide bonds. The molecule has 1 heterocycles. The number of halogens is 1. The highest BCUT2D eigenvalue weighted by molar-refractivity contribution is 14.0. The van der Waals surface area contributed by atoms with Crippen molar-refractivity contribution in [3.05, 3.63) is 24.3 Å². The Morgan fingerprint density at radius 2 is 1.64 bits per heavy atom. The summed E-state index contributed by atoms with van der Waals surface area (Å²) in [7, 11) is 3.46. The zero-order chi connectivity index (χ0) is 19.2. The molecule has 0 saturated carbocycles. The van der Waals surface area contributed by atoms with Crippen molar-refractivity contribution < 1.29 is 9.47 Å². The molecular weight excluding hydrogens is 467 g/mol. The summed E-state index contributed by atoms with van der Waals surface area (Å²) in [6.07, 6.45) is 7.91. The van der Waals surface area contributed by atoms with Crippen molar-refractivity contribution in [2.24, 2.45) is 4.99 Å². The number of piperidine rings is 1. The highest BCUT2D eigenvalue weighted by Crippen LogP contribution is 2.16. The van der Waals surface area contributed by atoms with Crippen LogP contribution < -0.4 is 20.1 Å². The van der Waals surface area contributed by atoms with Crippen LogP contribution in [0.3, 0.4) is 0 Å². The van der Waals surface area contributed by atoms with Gasteiger partial charge >= 0.3 is 0 Å². The van der Waals surface area contributed by atoms with Crippen molar-refractivity contribution in [3.63, 3.8) is 0 Å². The predicted molar refractivity (Wildman–Crippen MR) is 127 cm³/mol. The van der Waals surface area contributed by atoms with Crippen LogP contribution in [-0.2, 0) is 0 Å². The molecule has 2 N–H and O–H groups in total. The zero-order valence-electron chi connectivity index (χ0n) is 17.4. The Bertz CT molecular complexity index is 534. The molecule has 0 unspecified atom stereocenters. The molecule has 1 aromatic rings. The van der Waals surface area contributed by atoms with Crippen LogP contribution in [0, 0.1) is 0 Å². The molecule has 2 rings (SSSR count). The van der Waals surface area contributed by atoms with Gasteiger partial charge in [0.15, 0.2) is 5.96 Å². The van der Waals surface area contributed by atoms with E-state index in [1.807, 2.05) is 24.3 Å². The lowest BCUT2D eigenvalue weighted by atomic mass is 10.1. The molecule has 0 aliphatic carbocycles. The Labute approximate surface area is 187 Å². The van der Waals surface area contributed by atoms with E-state index < -0.39 is 0 Å². The van der Waals surface area contributed by atoms with E-state index in [9.17, 15) is 0 Å². The number of aliphatic imine (C=N–C) groups is 1. The van der Waals surface area contributed by atoms with Crippen molar-refractivity contribution >= 4 is 29.9 Å². The van der Waals surface area contributed by atoms with Crippen LogP contribution in [0.1, 0.15) is 38.5 Å². The van der Waals surface area contributed by atoms with Gasteiger partial charge in [0.1, 0.15) is 18.1 Å². The number of likely N-dealkylation sites (tertiary alicyclic amines) is 1. The largest absolute Gasteiger partial charge is 0.497 e. The van der Waals surface area contributed by atoms with E-state index >= 15 is 0 Å². The Morgan fingerprint density at radius 3 is 2.32 bits per heavy atom. The second-order valence-electron chi connectivity index (χ2n) is 6.91. The van der Waals surface area contributed by atoms with Gasteiger partial charge in [-0.05, 0) is 69.6 Å². The third-order valence-electron chi connectivity index (χ3n) is 4.84. The second-order valence-corrected chi connectivity index (χ2v) is 6.91. The van der Waals surface area contributed by atoms with E-state index in [1.54, 1.807) is 14.2 Å². The Hall–Kier alpha value is -1.22. The summed E-state index contributed by atoms with van der Waals surface area (Å²) in [6.45, 7) is 6.11. The summed E-state index contributed by atoms with van der Waals surface area (Å²) < 4.78 is 10.8. The van der Waals surface area contributed by atoms with Gasteiger partial charge in [-0.15, -0.1) is 24.0 Å². The van der Waals surface area contributed by atoms with Crippen molar-refractivity contribution in [1.82, 2.24) is 15.5 Å². The number of ether oxygens (including phenoxy) is 2. The molecule has 1 aromatic carbocycles. The number of hydrogen-bond donors (Lipinski definition) is 2. The minimum atomic E-state index is 0. The first-order valence-electron chi connectivity index (χ1n) is 10.3. The van der Waals surface area contributed by atoms with Gasteiger partial charge in [0.05, 0.1) is 13.7 Å². The average Bonchev–Trinajstić information content (AvgIpc) is 2.73. The van der Waals surface area contributed by atoms with Crippen molar-refractivity contribution in [1.29, 1.82) is 0 Å². The van der Waals surface area contributed by atoms with Gasteiger partial charge in [-0.3, -0.25) is 4.99 Å². The van der Waals surface area contributed by atoms with E-state index in [-0.39, 0.29) is 24.0 Å². The maximum absolute atomic E-state index is 5.71. The summed E-state index contributed by atoms with van der Waals surface area (Å²) >= 11 is 0. The third kappa shape index (κ3) is 10.4. The third-order valence-corrected chi connectivity index (χ3v) is 4.84. The lowest BCUT2D eigenvalue weighted by molar-refractivity contribution is 0.224. The van der Waals surface area contributed by atoms with Gasteiger partial charge in [0.2, 0.25) is 0 Å². The van der Waals surface area contributed by atoms with Crippen LogP contribution >= 0.6 is 24.0 Å². The first-order chi connectivity index (χ1) is 13.3. The van der Waals surface area contributed by atoms with Gasteiger partial charge in [0.25, 0.3) is 0 Å². The molecule has 1 aliphatic rings. The fourth-order valence-corrected chi connectivity index (χ4v) is 3.26. The number of guanidine groups is 1. The van der Waals surface area contributed by atoms with Crippen LogP contribution in [0.25, 0.3) is 0 Å². The molecule has 0 aromatic heterocycles. The number of hydrogen-bond acceptors (Lipinski definition) is 4. The summed E-state index contributed by atoms with van der Waals surface area (Å²) in [6, 6.07) is 7.62. The zero-order valence-corrected chi connectivity index (χ0v) is 19.7. The second kappa shape index (κ2) is 15.7. The molecule has 1 saturated heterocycles. The topological polar surface area (TPSA) is 58.1 Å². The van der Waals surface area contributed by atoms with Crippen molar-refractivity contribution in [3.8, 4) is 11.5 Å². The monoisotopic (exact) mass is 504 g/mol. The quantitative estimate of drug-likeness (QED) is 0.209. The van der Waals surface area contributed by atoms with E-state index in [2.05, 4.69) is 20.5 Å². The molecule has 0 radical (unpaired) electrons. The first kappa shape index (κ1) is 24.8. The maximum atomic E-state index is 5.71. The molecule has 0 spiro atoms. The number of methoxy groups -OCH3 is 1. The summed E-state index contributed by atoms with van der Waals surface area (Å²) in [5.74, 6) is 2.51. The van der Waals surface area contributed by atoms with Crippen LogP contribution in [-0.4, -0.2) is 64.3 Å². The molecule has 6 nitrogen and oxygen atoms in total. The molecule has 1 aliphatic heterocycles. The molecule has 7 heteroatoms. The van der Waals surface area contributed by atoms with E-state index in [4.69, 9.17) is 9.47 Å². The number of nitrogens with one attached hydrogen (secondary N) is 2. The highest BCUT2D eigenvalue weighted by Gasteiger charge is 2.08. The van der Waals surface area contributed by atoms with Gasteiger partial charge in [0, 0.05) is 13.6 Å². The molecule has 1 fully saturated rings. The molecule has 0 atom stereocenters.